The Morgan fingerprint density at radius 1 is 0.906 bits per heavy atom. The first kappa shape index (κ1) is 28.3. The van der Waals surface area contributed by atoms with Gasteiger partial charge in [-0.1, -0.05) is 67.2 Å². The van der Waals surface area contributed by atoms with Gasteiger partial charge in [0.05, 0.1) is 6.04 Å². The molecule has 174 valence electrons. The van der Waals surface area contributed by atoms with E-state index in [2.05, 4.69) is 6.58 Å². The number of hydrogen-bond donors (Lipinski definition) is 5. The lowest BCUT2D eigenvalue weighted by Gasteiger charge is -2.11. The number of aliphatic carboxylic acids is 2. The van der Waals surface area contributed by atoms with Crippen LogP contribution in [-0.4, -0.2) is 40.3 Å². The third-order valence-electron chi connectivity index (χ3n) is 3.71. The fourth-order valence-electron chi connectivity index (χ4n) is 1.97. The quantitative estimate of drug-likeness (QED) is 0.415. The molecule has 0 heterocycles. The van der Waals surface area contributed by atoms with E-state index in [9.17, 15) is 22.8 Å². The van der Waals surface area contributed by atoms with Crippen molar-refractivity contribution in [1.29, 1.82) is 0 Å². The number of carboxylic acid groups (broad SMARTS) is 2. The molecule has 0 aliphatic rings. The second-order valence-corrected chi connectivity index (χ2v) is 6.22. The van der Waals surface area contributed by atoms with Crippen LogP contribution in [0.1, 0.15) is 17.2 Å². The van der Waals surface area contributed by atoms with Crippen molar-refractivity contribution in [1.82, 2.24) is 0 Å². The molecule has 2 unspecified atom stereocenters. The van der Waals surface area contributed by atoms with Crippen molar-refractivity contribution in [3.8, 4) is 0 Å². The monoisotopic (exact) mass is 455 g/mol. The summed E-state index contributed by atoms with van der Waals surface area (Å²) >= 11 is 0. The highest BCUT2D eigenvalue weighted by Gasteiger charge is 2.38. The molecule has 0 fully saturated rings. The van der Waals surface area contributed by atoms with Crippen LogP contribution < -0.4 is 17.2 Å². The maximum absolute atomic E-state index is 10.8. The first-order valence-corrected chi connectivity index (χ1v) is 8.88. The molecule has 0 bridgehead atoms. The highest BCUT2D eigenvalue weighted by atomic mass is 19.4. The number of benzene rings is 2. The molecule has 1 amide bonds. The number of alkyl halides is 3. The van der Waals surface area contributed by atoms with E-state index in [4.69, 9.17) is 32.2 Å². The standard InChI is InChI=1S/C10H12N2O.C9H11NO2.C2HF3O2/c1-7(10(12)13)9(11)8-5-3-2-4-6-8;10-8(9(11)12)6-7-4-2-1-3-5-7;3-2(4,5)1(6)7/h2-6,9H,1,11H2,(H2,12,13);1-5,8H,6,10H2,(H,11,12);(H,6,7). The Morgan fingerprint density at radius 3 is 1.66 bits per heavy atom. The molecule has 2 aromatic carbocycles. The second kappa shape index (κ2) is 13.6. The molecule has 0 radical (unpaired) electrons. The molecule has 8 nitrogen and oxygen atoms in total. The number of primary amides is 1. The van der Waals surface area contributed by atoms with E-state index >= 15 is 0 Å². The maximum Gasteiger partial charge on any atom is 0.490 e. The second-order valence-electron chi connectivity index (χ2n) is 6.22. The summed E-state index contributed by atoms with van der Waals surface area (Å²) in [6.45, 7) is 3.53. The molecule has 2 atom stereocenters. The molecule has 0 aromatic heterocycles. The summed E-state index contributed by atoms with van der Waals surface area (Å²) in [5.74, 6) is -4.28. The smallest absolute Gasteiger partial charge is 0.480 e. The van der Waals surface area contributed by atoms with Crippen molar-refractivity contribution >= 4 is 17.8 Å². The first-order chi connectivity index (χ1) is 14.8. The zero-order valence-corrected chi connectivity index (χ0v) is 16.8. The van der Waals surface area contributed by atoms with E-state index < -0.39 is 36.1 Å². The molecule has 0 saturated heterocycles. The maximum atomic E-state index is 10.8. The number of carbonyl (C=O) groups excluding carboxylic acids is 1. The first-order valence-electron chi connectivity index (χ1n) is 8.88. The molecule has 0 saturated carbocycles. The highest BCUT2D eigenvalue weighted by molar-refractivity contribution is 5.92. The van der Waals surface area contributed by atoms with Gasteiger partial charge in [-0.15, -0.1) is 0 Å². The lowest BCUT2D eigenvalue weighted by atomic mass is 10.0. The Kier molecular flexibility index (Phi) is 12.0. The van der Waals surface area contributed by atoms with Crippen molar-refractivity contribution in [2.75, 3.05) is 0 Å². The number of carbonyl (C=O) groups is 3. The van der Waals surface area contributed by atoms with Crippen LogP contribution in [0.3, 0.4) is 0 Å². The third-order valence-corrected chi connectivity index (χ3v) is 3.71. The minimum atomic E-state index is -5.08. The summed E-state index contributed by atoms with van der Waals surface area (Å²) in [5, 5.41) is 15.6. The topological polar surface area (TPSA) is 170 Å². The number of halogens is 3. The van der Waals surface area contributed by atoms with Crippen LogP contribution in [0.25, 0.3) is 0 Å². The molecule has 11 heteroatoms. The van der Waals surface area contributed by atoms with Gasteiger partial charge < -0.3 is 27.4 Å². The van der Waals surface area contributed by atoms with Gasteiger partial charge in [0.1, 0.15) is 6.04 Å². The van der Waals surface area contributed by atoms with Gasteiger partial charge in [0, 0.05) is 5.57 Å². The molecule has 8 N–H and O–H groups in total. The van der Waals surface area contributed by atoms with Gasteiger partial charge >= 0.3 is 18.1 Å². The van der Waals surface area contributed by atoms with E-state index in [1.165, 1.54) is 0 Å². The fourth-order valence-corrected chi connectivity index (χ4v) is 1.97. The van der Waals surface area contributed by atoms with Crippen LogP contribution in [0, 0.1) is 0 Å². The number of amides is 1. The van der Waals surface area contributed by atoms with Gasteiger partial charge in [-0.2, -0.15) is 13.2 Å². The summed E-state index contributed by atoms with van der Waals surface area (Å²) in [4.78, 5) is 30.0. The molecule has 0 aliphatic heterocycles. The molecule has 2 rings (SSSR count). The lowest BCUT2D eigenvalue weighted by Crippen LogP contribution is -2.32. The van der Waals surface area contributed by atoms with Crippen molar-refractivity contribution in [2.24, 2.45) is 17.2 Å². The lowest BCUT2D eigenvalue weighted by molar-refractivity contribution is -0.192. The molecular formula is C21H24F3N3O5. The van der Waals surface area contributed by atoms with Gasteiger partial charge in [-0.25, -0.2) is 4.79 Å². The van der Waals surface area contributed by atoms with Gasteiger partial charge in [0.15, 0.2) is 0 Å². The average Bonchev–Trinajstić information content (AvgIpc) is 2.74. The molecule has 2 aromatic rings. The Bertz CT molecular complexity index is 891. The third kappa shape index (κ3) is 11.5. The number of carboxylic acids is 2. The van der Waals surface area contributed by atoms with Crippen LogP contribution in [0.2, 0.25) is 0 Å². The van der Waals surface area contributed by atoms with Crippen LogP contribution in [0.5, 0.6) is 0 Å². The normalized spacial score (nSPS) is 12.0. The Labute approximate surface area is 182 Å². The summed E-state index contributed by atoms with van der Waals surface area (Å²) in [5.41, 5.74) is 18.2. The van der Waals surface area contributed by atoms with Crippen LogP contribution in [-0.2, 0) is 20.8 Å². The fraction of sp³-hybridized carbons (Fsp3) is 0.190. The number of hydrogen-bond acceptors (Lipinski definition) is 5. The predicted molar refractivity (Wildman–Crippen MR) is 111 cm³/mol. The van der Waals surface area contributed by atoms with Crippen LogP contribution >= 0.6 is 0 Å². The zero-order chi connectivity index (χ0) is 24.9. The summed E-state index contributed by atoms with van der Waals surface area (Å²) < 4.78 is 31.7. The molecule has 0 spiro atoms. The van der Waals surface area contributed by atoms with Crippen molar-refractivity contribution < 1.29 is 37.8 Å². The van der Waals surface area contributed by atoms with E-state index in [0.29, 0.717) is 6.42 Å². The van der Waals surface area contributed by atoms with Gasteiger partial charge in [-0.3, -0.25) is 9.59 Å². The molecule has 32 heavy (non-hydrogen) atoms. The number of rotatable bonds is 6. The van der Waals surface area contributed by atoms with Gasteiger partial charge in [0.2, 0.25) is 5.91 Å². The van der Waals surface area contributed by atoms with Crippen LogP contribution in [0.4, 0.5) is 13.2 Å². The number of nitrogens with two attached hydrogens (primary N) is 3. The summed E-state index contributed by atoms with van der Waals surface area (Å²) in [6.07, 6.45) is -4.70. The SMILES string of the molecule is C=C(C(N)=O)C(N)c1ccccc1.NC(Cc1ccccc1)C(=O)O.O=C(O)C(F)(F)F. The van der Waals surface area contributed by atoms with Gasteiger partial charge in [0.25, 0.3) is 0 Å². The largest absolute Gasteiger partial charge is 0.490 e. The minimum Gasteiger partial charge on any atom is -0.480 e. The Balaban J connectivity index is 0.000000473. The Hall–Kier alpha value is -3.70. The van der Waals surface area contributed by atoms with Gasteiger partial charge in [-0.05, 0) is 17.5 Å². The zero-order valence-electron chi connectivity index (χ0n) is 16.8. The highest BCUT2D eigenvalue weighted by Crippen LogP contribution is 2.16. The van der Waals surface area contributed by atoms with Crippen LogP contribution in [0.15, 0.2) is 72.8 Å². The van der Waals surface area contributed by atoms with E-state index in [1.54, 1.807) is 0 Å². The summed E-state index contributed by atoms with van der Waals surface area (Å²) in [6, 6.07) is 17.3. The molecule has 0 aliphatic carbocycles. The van der Waals surface area contributed by atoms with Crippen molar-refractivity contribution in [2.45, 2.75) is 24.7 Å². The minimum absolute atomic E-state index is 0.228. The van der Waals surface area contributed by atoms with E-state index in [-0.39, 0.29) is 5.57 Å². The summed E-state index contributed by atoms with van der Waals surface area (Å²) in [7, 11) is 0. The average molecular weight is 455 g/mol. The van der Waals surface area contributed by atoms with E-state index in [1.807, 2.05) is 60.7 Å². The Morgan fingerprint density at radius 2 is 1.31 bits per heavy atom. The van der Waals surface area contributed by atoms with Crippen molar-refractivity contribution in [3.05, 3.63) is 83.9 Å². The van der Waals surface area contributed by atoms with Crippen molar-refractivity contribution in [3.63, 3.8) is 0 Å². The van der Waals surface area contributed by atoms with E-state index in [0.717, 1.165) is 11.1 Å². The molecular weight excluding hydrogens is 431 g/mol. The predicted octanol–water partition coefficient (Wildman–Crippen LogP) is 2.00.